The molecule has 2 nitrogen and oxygen atoms in total. The Balaban J connectivity index is 2.43. The highest BCUT2D eigenvalue weighted by Gasteiger charge is 2.21. The maximum absolute atomic E-state index is 9.70. The largest absolute Gasteiger partial charge is 0.495 e. The monoisotopic (exact) mass is 446 g/mol. The summed E-state index contributed by atoms with van der Waals surface area (Å²) in [7, 11) is 1.96. The lowest BCUT2D eigenvalue weighted by Gasteiger charge is -2.06. The maximum Gasteiger partial charge on any atom is 0.273 e. The zero-order chi connectivity index (χ0) is 13.6. The van der Waals surface area contributed by atoms with Crippen LogP contribution in [0.5, 0.6) is 5.06 Å². The van der Waals surface area contributed by atoms with Crippen LogP contribution in [-0.2, 0) is 7.05 Å². The van der Waals surface area contributed by atoms with Crippen molar-refractivity contribution in [2.24, 2.45) is 7.05 Å². The Hall–Kier alpha value is -0.660. The number of aromatic nitrogens is 1. The van der Waals surface area contributed by atoms with Crippen LogP contribution in [0.4, 0.5) is 0 Å². The number of hydrogen-bond acceptors (Lipinski definition) is 2. The van der Waals surface area contributed by atoms with Crippen LogP contribution in [0.3, 0.4) is 0 Å². The predicted molar refractivity (Wildman–Crippen MR) is 90.5 cm³/mol. The van der Waals surface area contributed by atoms with Gasteiger partial charge in [0, 0.05) is 8.04 Å². The summed E-state index contributed by atoms with van der Waals surface area (Å²) in [5.74, 6) is 0. The molecule has 0 aliphatic carbocycles. The van der Waals surface area contributed by atoms with Crippen molar-refractivity contribution in [2.75, 3.05) is 0 Å². The van der Waals surface area contributed by atoms with E-state index in [1.807, 2.05) is 23.7 Å². The number of rotatable bonds is 1. The Morgan fingerprint density at radius 2 is 2.00 bits per heavy atom. The van der Waals surface area contributed by atoms with Crippen molar-refractivity contribution < 1.29 is 9.67 Å². The lowest BCUT2D eigenvalue weighted by Crippen LogP contribution is -2.26. The zero-order valence-corrected chi connectivity index (χ0v) is 14.6. The Kier molecular flexibility index (Phi) is 3.53. The lowest BCUT2D eigenvalue weighted by molar-refractivity contribution is -0.656. The molecule has 0 atom stereocenters. The van der Waals surface area contributed by atoms with Gasteiger partial charge < -0.3 is 5.11 Å². The van der Waals surface area contributed by atoms with E-state index >= 15 is 0 Å². The molecule has 0 fully saturated rings. The van der Waals surface area contributed by atoms with Gasteiger partial charge in [-0.05, 0) is 56.8 Å². The van der Waals surface area contributed by atoms with Crippen LogP contribution >= 0.6 is 49.9 Å². The van der Waals surface area contributed by atoms with Crippen molar-refractivity contribution in [3.8, 4) is 15.6 Å². The summed E-state index contributed by atoms with van der Waals surface area (Å²) < 4.78 is 4.24. The first-order valence-corrected chi connectivity index (χ1v) is 8.32. The number of fused-ring (bicyclic) bond motifs is 1. The Bertz CT molecular complexity index is 784. The molecule has 0 radical (unpaired) electrons. The van der Waals surface area contributed by atoms with Crippen molar-refractivity contribution in [3.05, 3.63) is 44.6 Å². The summed E-state index contributed by atoms with van der Waals surface area (Å²) >= 11 is 7.34. The van der Waals surface area contributed by atoms with Gasteiger partial charge in [-0.25, -0.2) is 0 Å². The second-order valence-corrected chi connectivity index (χ2v) is 7.27. The Morgan fingerprint density at radius 3 is 2.68 bits per heavy atom. The molecule has 0 spiro atoms. The molecule has 96 valence electrons. The van der Waals surface area contributed by atoms with E-state index in [2.05, 4.69) is 56.7 Å². The van der Waals surface area contributed by atoms with Crippen molar-refractivity contribution in [1.29, 1.82) is 0 Å². The van der Waals surface area contributed by atoms with Gasteiger partial charge in [0.05, 0.1) is 5.56 Å². The third kappa shape index (κ3) is 2.28. The smallest absolute Gasteiger partial charge is 0.273 e. The molecule has 3 aromatic rings. The first-order chi connectivity index (χ1) is 9.08. The van der Waals surface area contributed by atoms with E-state index in [1.54, 1.807) is 6.20 Å². The minimum atomic E-state index is 0.334. The molecule has 0 unspecified atom stereocenters. The minimum absolute atomic E-state index is 0.334. The quantitative estimate of drug-likeness (QED) is 0.433. The zero-order valence-electron chi connectivity index (χ0n) is 10.0. The highest BCUT2D eigenvalue weighted by atomic mass is 127. The topological polar surface area (TPSA) is 24.1 Å². The summed E-state index contributed by atoms with van der Waals surface area (Å²) in [6.45, 7) is 0. The molecule has 3 rings (SSSR count). The van der Waals surface area contributed by atoms with Crippen LogP contribution in [0.25, 0.3) is 21.3 Å². The summed E-state index contributed by atoms with van der Waals surface area (Å²) in [4.78, 5) is 0. The third-order valence-corrected chi connectivity index (χ3v) is 5.59. The minimum Gasteiger partial charge on any atom is -0.495 e. The fraction of sp³-hybridized carbons (Fsp3) is 0.0714. The molecule has 2 aromatic carbocycles. The molecule has 19 heavy (non-hydrogen) atoms. The van der Waals surface area contributed by atoms with Gasteiger partial charge in [0.25, 0.3) is 5.01 Å². The molecule has 1 N–H and O–H groups in total. The number of nitrogens with zero attached hydrogens (tertiary/aromatic N) is 1. The van der Waals surface area contributed by atoms with E-state index in [-0.39, 0.29) is 0 Å². The van der Waals surface area contributed by atoms with E-state index in [4.69, 9.17) is 0 Å². The number of aromatic hydroxyl groups is 1. The summed E-state index contributed by atoms with van der Waals surface area (Å²) in [6, 6.07) is 10.4. The van der Waals surface area contributed by atoms with Gasteiger partial charge in [0.2, 0.25) is 11.3 Å². The van der Waals surface area contributed by atoms with Crippen LogP contribution in [0.2, 0.25) is 0 Å². The molecular weight excluding hydrogens is 437 g/mol. The summed E-state index contributed by atoms with van der Waals surface area (Å²) in [6.07, 6.45) is 1.74. The average molecular weight is 447 g/mol. The van der Waals surface area contributed by atoms with E-state index in [9.17, 15) is 5.11 Å². The molecule has 0 bridgehead atoms. The second-order valence-electron chi connectivity index (χ2n) is 4.24. The Labute approximate surface area is 137 Å². The van der Waals surface area contributed by atoms with Gasteiger partial charge in [-0.1, -0.05) is 34.1 Å². The molecule has 0 aliphatic heterocycles. The molecule has 1 aromatic heterocycles. The molecule has 0 saturated heterocycles. The number of aryl methyl sites for hydroxylation is 1. The summed E-state index contributed by atoms with van der Waals surface area (Å²) in [5, 5.41) is 13.5. The van der Waals surface area contributed by atoms with Crippen molar-refractivity contribution >= 4 is 60.6 Å². The average Bonchev–Trinajstić information content (AvgIpc) is 2.68. The summed E-state index contributed by atoms with van der Waals surface area (Å²) in [5.41, 5.74) is 1.17. The van der Waals surface area contributed by atoms with E-state index in [1.165, 1.54) is 31.2 Å². The van der Waals surface area contributed by atoms with Crippen LogP contribution in [-0.4, -0.2) is 5.11 Å². The van der Waals surface area contributed by atoms with Crippen molar-refractivity contribution in [2.45, 2.75) is 0 Å². The lowest BCUT2D eigenvalue weighted by atomic mass is 10.1. The molecule has 0 aliphatic rings. The van der Waals surface area contributed by atoms with E-state index in [0.29, 0.717) is 5.06 Å². The van der Waals surface area contributed by atoms with E-state index in [0.717, 1.165) is 9.48 Å². The van der Waals surface area contributed by atoms with Gasteiger partial charge in [-0.2, -0.15) is 4.57 Å². The van der Waals surface area contributed by atoms with Crippen molar-refractivity contribution in [1.82, 2.24) is 0 Å². The van der Waals surface area contributed by atoms with Crippen LogP contribution in [0.15, 0.2) is 41.0 Å². The second kappa shape index (κ2) is 5.03. The van der Waals surface area contributed by atoms with Gasteiger partial charge in [0.1, 0.15) is 7.05 Å². The molecule has 5 heteroatoms. The number of halogens is 2. The third-order valence-electron chi connectivity index (χ3n) is 3.00. The molecule has 0 amide bonds. The Morgan fingerprint density at radius 1 is 1.21 bits per heavy atom. The predicted octanol–water partition coefficient (Wildman–Crippen LogP) is 4.47. The first-order valence-electron chi connectivity index (χ1n) is 5.63. The van der Waals surface area contributed by atoms with Gasteiger partial charge >= 0.3 is 0 Å². The van der Waals surface area contributed by atoms with Crippen LogP contribution < -0.4 is 4.57 Å². The van der Waals surface area contributed by atoms with Gasteiger partial charge in [0.15, 0.2) is 0 Å². The molecule has 0 saturated carbocycles. The van der Waals surface area contributed by atoms with Gasteiger partial charge in [-0.15, -0.1) is 0 Å². The SMILES string of the molecule is C[n+]1cc(O)sc1-c1c(I)ccc2c(Br)cccc12. The standard InChI is InChI=1S/C14H9BrINOS/c1-17-7-12(18)19-14(17)13-9-3-2-4-10(15)8(9)5-6-11(13)16/h2-7H,1H3/p+1. The highest BCUT2D eigenvalue weighted by molar-refractivity contribution is 14.1. The number of thiazole rings is 1. The molecular formula is C14H10BrINOS+. The number of benzene rings is 2. The van der Waals surface area contributed by atoms with Crippen molar-refractivity contribution in [3.63, 3.8) is 0 Å². The molecule has 1 heterocycles. The van der Waals surface area contributed by atoms with Crippen LogP contribution in [0, 0.1) is 3.57 Å². The highest BCUT2D eigenvalue weighted by Crippen LogP contribution is 2.38. The fourth-order valence-corrected chi connectivity index (χ4v) is 4.49. The van der Waals surface area contributed by atoms with Crippen LogP contribution in [0.1, 0.15) is 0 Å². The number of hydrogen-bond donors (Lipinski definition) is 1. The van der Waals surface area contributed by atoms with Gasteiger partial charge in [-0.3, -0.25) is 0 Å². The fourth-order valence-electron chi connectivity index (χ4n) is 2.16. The normalized spacial score (nSPS) is 11.1. The van der Waals surface area contributed by atoms with E-state index < -0.39 is 0 Å². The maximum atomic E-state index is 9.70. The first kappa shape index (κ1) is 13.3.